The van der Waals surface area contributed by atoms with Crippen LogP contribution in [0.3, 0.4) is 0 Å². The molecule has 0 aliphatic rings. The van der Waals surface area contributed by atoms with E-state index >= 15 is 0 Å². The average Bonchev–Trinajstić information content (AvgIpc) is 2.74. The van der Waals surface area contributed by atoms with Gasteiger partial charge in [-0.3, -0.25) is 4.79 Å². The van der Waals surface area contributed by atoms with Crippen LogP contribution in [0.4, 0.5) is 0 Å². The van der Waals surface area contributed by atoms with E-state index in [1.54, 1.807) is 13.0 Å². The molecule has 0 fully saturated rings. The van der Waals surface area contributed by atoms with Gasteiger partial charge in [0.25, 0.3) is 5.56 Å². The Labute approximate surface area is 180 Å². The number of H-pyrrole nitrogens is 1. The molecule has 1 heterocycles. The summed E-state index contributed by atoms with van der Waals surface area (Å²) in [6.07, 6.45) is 0. The third-order valence-electron chi connectivity index (χ3n) is 4.76. The van der Waals surface area contributed by atoms with Gasteiger partial charge in [0, 0.05) is 24.2 Å². The molecule has 8 nitrogen and oxygen atoms in total. The summed E-state index contributed by atoms with van der Waals surface area (Å²) in [4.78, 5) is 27.2. The van der Waals surface area contributed by atoms with Crippen molar-refractivity contribution in [2.45, 2.75) is 25.3 Å². The number of nitrogens with zero attached hydrogens (tertiary/aromatic N) is 1. The molecule has 0 bridgehead atoms. The van der Waals surface area contributed by atoms with E-state index in [2.05, 4.69) is 4.98 Å². The Bertz CT molecular complexity index is 1270. The van der Waals surface area contributed by atoms with E-state index in [0.29, 0.717) is 5.52 Å². The SMILES string of the molecule is CCOC(=O)c1cccc(S(=O)(=O)N(CCO)Cc2cc3ccc(C)cc3[nH]c2=O)c1. The van der Waals surface area contributed by atoms with Crippen molar-refractivity contribution >= 4 is 26.9 Å². The molecule has 2 aromatic carbocycles. The fraction of sp³-hybridized carbons (Fsp3) is 0.273. The topological polar surface area (TPSA) is 117 Å². The molecule has 9 heteroatoms. The first-order valence-electron chi connectivity index (χ1n) is 9.77. The third-order valence-corrected chi connectivity index (χ3v) is 6.60. The van der Waals surface area contributed by atoms with Gasteiger partial charge in [-0.15, -0.1) is 0 Å². The van der Waals surface area contributed by atoms with Gasteiger partial charge in [-0.25, -0.2) is 13.2 Å². The molecule has 0 spiro atoms. The second-order valence-electron chi connectivity index (χ2n) is 7.02. The lowest BCUT2D eigenvalue weighted by Crippen LogP contribution is -2.35. The first-order valence-corrected chi connectivity index (χ1v) is 11.2. The minimum Gasteiger partial charge on any atom is -0.462 e. The number of aryl methyl sites for hydroxylation is 1. The molecule has 0 unspecified atom stereocenters. The number of aromatic amines is 1. The Balaban J connectivity index is 1.98. The fourth-order valence-corrected chi connectivity index (χ4v) is 4.67. The molecular weight excluding hydrogens is 420 g/mol. The van der Waals surface area contributed by atoms with E-state index in [9.17, 15) is 23.1 Å². The van der Waals surface area contributed by atoms with E-state index in [-0.39, 0.29) is 35.7 Å². The van der Waals surface area contributed by atoms with Crippen molar-refractivity contribution in [1.82, 2.24) is 9.29 Å². The second kappa shape index (κ2) is 9.42. The minimum absolute atomic E-state index is 0.103. The van der Waals surface area contributed by atoms with Gasteiger partial charge in [-0.05, 0) is 55.1 Å². The largest absolute Gasteiger partial charge is 0.462 e. The zero-order chi connectivity index (χ0) is 22.6. The van der Waals surface area contributed by atoms with E-state index in [0.717, 1.165) is 15.3 Å². The fourth-order valence-electron chi connectivity index (χ4n) is 3.21. The zero-order valence-corrected chi connectivity index (χ0v) is 18.1. The number of hydrogen-bond acceptors (Lipinski definition) is 6. The quantitative estimate of drug-likeness (QED) is 0.515. The molecule has 0 saturated carbocycles. The molecule has 0 atom stereocenters. The second-order valence-corrected chi connectivity index (χ2v) is 8.96. The van der Waals surface area contributed by atoms with Crippen LogP contribution in [0.5, 0.6) is 0 Å². The predicted molar refractivity (Wildman–Crippen MR) is 116 cm³/mol. The van der Waals surface area contributed by atoms with Gasteiger partial charge in [0.05, 0.1) is 23.7 Å². The van der Waals surface area contributed by atoms with Crippen molar-refractivity contribution < 1.29 is 23.1 Å². The van der Waals surface area contributed by atoms with E-state index in [1.165, 1.54) is 24.3 Å². The number of benzene rings is 2. The number of aliphatic hydroxyl groups excluding tert-OH is 1. The number of nitrogens with one attached hydrogen (secondary N) is 1. The Kier molecular flexibility index (Phi) is 6.89. The Morgan fingerprint density at radius 1 is 1.16 bits per heavy atom. The van der Waals surface area contributed by atoms with Crippen molar-refractivity contribution in [3.05, 3.63) is 75.6 Å². The summed E-state index contributed by atoms with van der Waals surface area (Å²) >= 11 is 0. The average molecular weight is 445 g/mol. The zero-order valence-electron chi connectivity index (χ0n) is 17.3. The van der Waals surface area contributed by atoms with E-state index < -0.39 is 28.2 Å². The number of fused-ring (bicyclic) bond motifs is 1. The molecule has 0 amide bonds. The summed E-state index contributed by atoms with van der Waals surface area (Å²) in [5.41, 5.74) is 1.59. The maximum absolute atomic E-state index is 13.2. The maximum atomic E-state index is 13.2. The molecule has 2 N–H and O–H groups in total. The normalized spacial score (nSPS) is 11.7. The van der Waals surface area contributed by atoms with Crippen molar-refractivity contribution in [2.24, 2.45) is 0 Å². The van der Waals surface area contributed by atoms with Crippen molar-refractivity contribution in [3.63, 3.8) is 0 Å². The highest BCUT2D eigenvalue weighted by atomic mass is 32.2. The monoisotopic (exact) mass is 444 g/mol. The Hall–Kier alpha value is -3.01. The van der Waals surface area contributed by atoms with Crippen LogP contribution in [-0.2, 0) is 21.3 Å². The summed E-state index contributed by atoms with van der Waals surface area (Å²) in [6.45, 7) is 2.86. The molecule has 0 saturated heterocycles. The number of hydrogen-bond donors (Lipinski definition) is 2. The highest BCUT2D eigenvalue weighted by molar-refractivity contribution is 7.89. The molecule has 3 aromatic rings. The highest BCUT2D eigenvalue weighted by Crippen LogP contribution is 2.20. The van der Waals surface area contributed by atoms with Gasteiger partial charge in [0.1, 0.15) is 0 Å². The first kappa shape index (κ1) is 22.7. The van der Waals surface area contributed by atoms with Gasteiger partial charge in [0.15, 0.2) is 0 Å². The van der Waals surface area contributed by atoms with Crippen molar-refractivity contribution in [3.8, 4) is 0 Å². The summed E-state index contributed by atoms with van der Waals surface area (Å²) in [5, 5.41) is 10.2. The number of rotatable bonds is 8. The first-order chi connectivity index (χ1) is 14.8. The number of aliphatic hydroxyl groups is 1. The molecule has 0 radical (unpaired) electrons. The lowest BCUT2D eigenvalue weighted by molar-refractivity contribution is 0.0526. The Morgan fingerprint density at radius 2 is 1.94 bits per heavy atom. The van der Waals surface area contributed by atoms with Crippen LogP contribution in [0, 0.1) is 6.92 Å². The summed E-state index contributed by atoms with van der Waals surface area (Å²) in [5.74, 6) is -0.630. The number of carbonyl (C=O) groups excluding carboxylic acids is 1. The lowest BCUT2D eigenvalue weighted by Gasteiger charge is -2.21. The molecule has 3 rings (SSSR count). The van der Waals surface area contributed by atoms with E-state index in [4.69, 9.17) is 4.74 Å². The van der Waals surface area contributed by atoms with E-state index in [1.807, 2.05) is 25.1 Å². The maximum Gasteiger partial charge on any atom is 0.338 e. The molecule has 31 heavy (non-hydrogen) atoms. The summed E-state index contributed by atoms with van der Waals surface area (Å²) < 4.78 is 32.4. The molecule has 0 aliphatic heterocycles. The van der Waals surface area contributed by atoms with Crippen LogP contribution < -0.4 is 5.56 Å². The summed E-state index contributed by atoms with van der Waals surface area (Å²) in [7, 11) is -4.10. The van der Waals surface area contributed by atoms with Crippen molar-refractivity contribution in [1.29, 1.82) is 0 Å². The van der Waals surface area contributed by atoms with Crippen LogP contribution in [0.25, 0.3) is 10.9 Å². The number of sulfonamides is 1. The number of aromatic nitrogens is 1. The molecular formula is C22H24N2O6S. The van der Waals surface area contributed by atoms with Gasteiger partial charge >= 0.3 is 5.97 Å². The minimum atomic E-state index is -4.10. The number of ether oxygens (including phenoxy) is 1. The van der Waals surface area contributed by atoms with Crippen molar-refractivity contribution in [2.75, 3.05) is 19.8 Å². The standard InChI is InChI=1S/C22H24N2O6S/c1-3-30-22(27)17-5-4-6-19(13-17)31(28,29)24(9-10-25)14-18-12-16-8-7-15(2)11-20(16)23-21(18)26/h4-8,11-13,25H,3,9-10,14H2,1-2H3,(H,23,26). The predicted octanol–water partition coefficient (Wildman–Crippen LogP) is 2.20. The number of pyridine rings is 1. The molecule has 164 valence electrons. The highest BCUT2D eigenvalue weighted by Gasteiger charge is 2.26. The van der Waals surface area contributed by atoms with Crippen LogP contribution in [0.1, 0.15) is 28.4 Å². The van der Waals surface area contributed by atoms with Crippen LogP contribution >= 0.6 is 0 Å². The lowest BCUT2D eigenvalue weighted by atomic mass is 10.1. The van der Waals surface area contributed by atoms with Crippen LogP contribution in [0.2, 0.25) is 0 Å². The van der Waals surface area contributed by atoms with Gasteiger partial charge in [-0.2, -0.15) is 4.31 Å². The van der Waals surface area contributed by atoms with Crippen LogP contribution in [0.15, 0.2) is 58.2 Å². The van der Waals surface area contributed by atoms with Crippen LogP contribution in [-0.4, -0.2) is 48.5 Å². The number of esters is 1. The van der Waals surface area contributed by atoms with Gasteiger partial charge in [-0.1, -0.05) is 18.2 Å². The number of carbonyl (C=O) groups is 1. The van der Waals surface area contributed by atoms with Gasteiger partial charge < -0.3 is 14.8 Å². The molecule has 0 aliphatic carbocycles. The Morgan fingerprint density at radius 3 is 2.65 bits per heavy atom. The third kappa shape index (κ3) is 5.01. The summed E-state index contributed by atoms with van der Waals surface area (Å²) in [6, 6.07) is 12.7. The van der Waals surface area contributed by atoms with Gasteiger partial charge in [0.2, 0.25) is 10.0 Å². The smallest absolute Gasteiger partial charge is 0.338 e. The molecule has 1 aromatic heterocycles.